The molecule has 1 aromatic carbocycles. The number of aliphatic imine (C=N–C) groups is 2. The summed E-state index contributed by atoms with van der Waals surface area (Å²) in [6.45, 7) is 1.83. The van der Waals surface area contributed by atoms with Gasteiger partial charge >= 0.3 is 0 Å². The predicted octanol–water partition coefficient (Wildman–Crippen LogP) is 1.79. The molecular weight excluding hydrogens is 298 g/mol. The van der Waals surface area contributed by atoms with Crippen LogP contribution in [0.3, 0.4) is 0 Å². The largest absolute Gasteiger partial charge is 0.507 e. The maximum absolute atomic E-state index is 10.9. The van der Waals surface area contributed by atoms with E-state index in [4.69, 9.17) is 5.73 Å². The maximum Gasteiger partial charge on any atom is 0.270 e. The molecule has 0 amide bonds. The van der Waals surface area contributed by atoms with E-state index in [1.54, 1.807) is 12.3 Å². The Kier molecular flexibility index (Phi) is 4.65. The van der Waals surface area contributed by atoms with Gasteiger partial charge in [-0.1, -0.05) is 6.07 Å². The van der Waals surface area contributed by atoms with Gasteiger partial charge in [-0.3, -0.25) is 20.1 Å². The number of nitro benzene ring substituents is 1. The molecule has 0 fully saturated rings. The third-order valence-electron chi connectivity index (χ3n) is 3.12. The van der Waals surface area contributed by atoms with Crippen LogP contribution in [0, 0.1) is 17.0 Å². The first kappa shape index (κ1) is 16.1. The smallest absolute Gasteiger partial charge is 0.270 e. The fourth-order valence-corrected chi connectivity index (χ4v) is 1.97. The number of non-ortho nitro benzene ring substituents is 1. The van der Waals surface area contributed by atoms with Gasteiger partial charge in [0.1, 0.15) is 11.4 Å². The number of pyridine rings is 1. The van der Waals surface area contributed by atoms with Crippen LogP contribution in [0.5, 0.6) is 5.75 Å². The monoisotopic (exact) mass is 313 g/mol. The highest BCUT2D eigenvalue weighted by atomic mass is 16.6. The number of aryl methyl sites for hydroxylation is 1. The molecule has 3 N–H and O–H groups in total. The number of hydrogen-bond donors (Lipinski definition) is 2. The molecule has 0 spiro atoms. The number of nitrogens with zero attached hydrogens (tertiary/aromatic N) is 4. The van der Waals surface area contributed by atoms with E-state index in [1.165, 1.54) is 25.2 Å². The van der Waals surface area contributed by atoms with Crippen LogP contribution in [0.15, 0.2) is 46.5 Å². The Hall–Kier alpha value is -3.29. The Labute approximate surface area is 132 Å². The van der Waals surface area contributed by atoms with Gasteiger partial charge in [0.2, 0.25) is 0 Å². The maximum atomic E-state index is 10.9. The second-order valence-corrected chi connectivity index (χ2v) is 4.67. The SMILES string of the molecule is CN=C(N=C(N)c1ncccc1C)c1cc([N+](=O)[O-])ccc1O. The first-order valence-corrected chi connectivity index (χ1v) is 6.64. The Morgan fingerprint density at radius 1 is 1.39 bits per heavy atom. The summed E-state index contributed by atoms with van der Waals surface area (Å²) in [5, 5.41) is 20.8. The second kappa shape index (κ2) is 6.65. The van der Waals surface area contributed by atoms with Crippen molar-refractivity contribution in [2.24, 2.45) is 15.7 Å². The van der Waals surface area contributed by atoms with Gasteiger partial charge in [-0.25, -0.2) is 4.99 Å². The fourth-order valence-electron chi connectivity index (χ4n) is 1.97. The average Bonchev–Trinajstić information content (AvgIpc) is 2.53. The van der Waals surface area contributed by atoms with Crippen molar-refractivity contribution in [3.63, 3.8) is 0 Å². The standard InChI is InChI=1S/C15H15N5O3/c1-9-4-3-7-18-13(9)14(16)19-15(17-2)11-8-10(20(22)23)5-6-12(11)21/h3-8,21H,1-2H3,(H2,16,17,19). The van der Waals surface area contributed by atoms with Gasteiger partial charge in [-0.2, -0.15) is 0 Å². The van der Waals surface area contributed by atoms with Gasteiger partial charge in [0, 0.05) is 25.4 Å². The Bertz CT molecular complexity index is 815. The third kappa shape index (κ3) is 3.49. The van der Waals surface area contributed by atoms with Crippen molar-refractivity contribution in [3.05, 3.63) is 63.5 Å². The van der Waals surface area contributed by atoms with Crippen LogP contribution in [-0.2, 0) is 0 Å². The summed E-state index contributed by atoms with van der Waals surface area (Å²) < 4.78 is 0. The van der Waals surface area contributed by atoms with Crippen molar-refractivity contribution >= 4 is 17.4 Å². The van der Waals surface area contributed by atoms with Gasteiger partial charge in [0.05, 0.1) is 10.5 Å². The molecule has 118 valence electrons. The summed E-state index contributed by atoms with van der Waals surface area (Å²) in [5.41, 5.74) is 7.20. The van der Waals surface area contributed by atoms with Crippen molar-refractivity contribution in [2.75, 3.05) is 7.05 Å². The summed E-state index contributed by atoms with van der Waals surface area (Å²) >= 11 is 0. The van der Waals surface area contributed by atoms with Crippen LogP contribution in [0.1, 0.15) is 16.8 Å². The molecule has 0 saturated carbocycles. The number of nitrogens with two attached hydrogens (primary N) is 1. The minimum Gasteiger partial charge on any atom is -0.507 e. The minimum absolute atomic E-state index is 0.0775. The molecule has 2 rings (SSSR count). The van der Waals surface area contributed by atoms with Gasteiger partial charge in [-0.05, 0) is 24.6 Å². The highest BCUT2D eigenvalue weighted by Crippen LogP contribution is 2.24. The molecular formula is C15H15N5O3. The van der Waals surface area contributed by atoms with Gasteiger partial charge in [0.15, 0.2) is 11.7 Å². The van der Waals surface area contributed by atoms with Crippen molar-refractivity contribution in [1.29, 1.82) is 0 Å². The molecule has 1 aromatic heterocycles. The molecule has 0 atom stereocenters. The van der Waals surface area contributed by atoms with Gasteiger partial charge in [0.25, 0.3) is 5.69 Å². The molecule has 0 radical (unpaired) electrons. The van der Waals surface area contributed by atoms with E-state index in [1.807, 2.05) is 13.0 Å². The lowest BCUT2D eigenvalue weighted by Gasteiger charge is -2.07. The Morgan fingerprint density at radius 3 is 2.74 bits per heavy atom. The molecule has 0 aliphatic carbocycles. The fraction of sp³-hybridized carbons (Fsp3) is 0.133. The second-order valence-electron chi connectivity index (χ2n) is 4.67. The van der Waals surface area contributed by atoms with Crippen LogP contribution in [0.4, 0.5) is 5.69 Å². The summed E-state index contributed by atoms with van der Waals surface area (Å²) in [6.07, 6.45) is 1.58. The molecule has 23 heavy (non-hydrogen) atoms. The first-order chi connectivity index (χ1) is 10.9. The summed E-state index contributed by atoms with van der Waals surface area (Å²) in [4.78, 5) is 22.6. The number of benzene rings is 1. The number of aromatic nitrogens is 1. The zero-order chi connectivity index (χ0) is 17.0. The first-order valence-electron chi connectivity index (χ1n) is 6.64. The highest BCUT2D eigenvalue weighted by molar-refractivity contribution is 6.11. The predicted molar refractivity (Wildman–Crippen MR) is 86.9 cm³/mol. The molecule has 0 saturated heterocycles. The van der Waals surface area contributed by atoms with Crippen LogP contribution in [-0.4, -0.2) is 33.7 Å². The molecule has 0 aliphatic rings. The Balaban J connectivity index is 2.49. The van der Waals surface area contributed by atoms with Crippen molar-refractivity contribution in [3.8, 4) is 5.75 Å². The summed E-state index contributed by atoms with van der Waals surface area (Å²) in [7, 11) is 1.45. The lowest BCUT2D eigenvalue weighted by Crippen LogP contribution is -2.19. The average molecular weight is 313 g/mol. The van der Waals surface area contributed by atoms with E-state index in [9.17, 15) is 15.2 Å². The van der Waals surface area contributed by atoms with E-state index >= 15 is 0 Å². The van der Waals surface area contributed by atoms with E-state index in [0.717, 1.165) is 5.56 Å². The number of rotatable bonds is 3. The third-order valence-corrected chi connectivity index (χ3v) is 3.12. The number of phenols is 1. The molecule has 2 aromatic rings. The lowest BCUT2D eigenvalue weighted by molar-refractivity contribution is -0.384. The highest BCUT2D eigenvalue weighted by Gasteiger charge is 2.15. The van der Waals surface area contributed by atoms with Crippen molar-refractivity contribution in [1.82, 2.24) is 4.98 Å². The van der Waals surface area contributed by atoms with Crippen LogP contribution in [0.25, 0.3) is 0 Å². The van der Waals surface area contributed by atoms with E-state index < -0.39 is 4.92 Å². The minimum atomic E-state index is -0.563. The lowest BCUT2D eigenvalue weighted by atomic mass is 10.1. The van der Waals surface area contributed by atoms with Gasteiger partial charge in [-0.15, -0.1) is 0 Å². The quantitative estimate of drug-likeness (QED) is 0.386. The number of phenolic OH excluding ortho intramolecular Hbond substituents is 1. The molecule has 0 unspecified atom stereocenters. The Morgan fingerprint density at radius 2 is 2.13 bits per heavy atom. The number of aromatic hydroxyl groups is 1. The van der Waals surface area contributed by atoms with Gasteiger partial charge < -0.3 is 10.8 Å². The molecule has 8 nitrogen and oxygen atoms in total. The number of amidine groups is 2. The summed E-state index contributed by atoms with van der Waals surface area (Å²) in [5.74, 6) is 0.00820. The molecule has 0 aliphatic heterocycles. The van der Waals surface area contributed by atoms with Crippen LogP contribution in [0.2, 0.25) is 0 Å². The van der Waals surface area contributed by atoms with E-state index in [0.29, 0.717) is 5.69 Å². The normalized spacial score (nSPS) is 12.3. The number of nitro groups is 1. The van der Waals surface area contributed by atoms with E-state index in [-0.39, 0.29) is 28.7 Å². The molecule has 0 bridgehead atoms. The summed E-state index contributed by atoms with van der Waals surface area (Å²) in [6, 6.07) is 7.21. The van der Waals surface area contributed by atoms with Crippen LogP contribution >= 0.6 is 0 Å². The zero-order valence-electron chi connectivity index (χ0n) is 12.6. The molecule has 1 heterocycles. The van der Waals surface area contributed by atoms with Crippen molar-refractivity contribution in [2.45, 2.75) is 6.92 Å². The topological polar surface area (TPSA) is 127 Å². The van der Waals surface area contributed by atoms with E-state index in [2.05, 4.69) is 15.0 Å². The van der Waals surface area contributed by atoms with Crippen molar-refractivity contribution < 1.29 is 10.0 Å². The molecule has 8 heteroatoms. The number of hydrogen-bond acceptors (Lipinski definition) is 5. The van der Waals surface area contributed by atoms with Crippen LogP contribution < -0.4 is 5.73 Å². The zero-order valence-corrected chi connectivity index (χ0v) is 12.6.